The van der Waals surface area contributed by atoms with Gasteiger partial charge in [-0.25, -0.2) is 4.39 Å². The standard InChI is InChI=1S/C19H14FN3O/c20-13-3-1-2-12(8-13)9-19(24)22-14-4-5-15-16-6-7-21-11-18(16)23-17(15)10-14/h1-8,10-11,23H,9H2,(H,22,24). The van der Waals surface area contributed by atoms with Gasteiger partial charge in [-0.1, -0.05) is 18.2 Å². The van der Waals surface area contributed by atoms with E-state index in [4.69, 9.17) is 0 Å². The lowest BCUT2D eigenvalue weighted by molar-refractivity contribution is -0.115. The first-order valence-electron chi connectivity index (χ1n) is 7.59. The minimum absolute atomic E-state index is 0.131. The van der Waals surface area contributed by atoms with Crippen molar-refractivity contribution in [1.82, 2.24) is 9.97 Å². The molecule has 0 unspecified atom stereocenters. The van der Waals surface area contributed by atoms with Gasteiger partial charge in [0.05, 0.1) is 18.1 Å². The molecule has 5 heteroatoms. The zero-order valence-electron chi connectivity index (χ0n) is 12.7. The summed E-state index contributed by atoms with van der Waals surface area (Å²) >= 11 is 0. The van der Waals surface area contributed by atoms with Gasteiger partial charge in [-0.3, -0.25) is 9.78 Å². The predicted molar refractivity (Wildman–Crippen MR) is 92.3 cm³/mol. The molecule has 2 heterocycles. The minimum Gasteiger partial charge on any atom is -0.353 e. The smallest absolute Gasteiger partial charge is 0.228 e. The average Bonchev–Trinajstić information content (AvgIpc) is 2.92. The minimum atomic E-state index is -0.339. The molecule has 0 aliphatic heterocycles. The third-order valence-electron chi connectivity index (χ3n) is 3.94. The Balaban J connectivity index is 1.58. The number of hydrogen-bond acceptors (Lipinski definition) is 2. The first-order chi connectivity index (χ1) is 11.7. The van der Waals surface area contributed by atoms with Crippen molar-refractivity contribution in [2.45, 2.75) is 6.42 Å². The molecule has 0 saturated carbocycles. The highest BCUT2D eigenvalue weighted by molar-refractivity contribution is 6.08. The Morgan fingerprint density at radius 3 is 2.83 bits per heavy atom. The summed E-state index contributed by atoms with van der Waals surface area (Å²) in [6, 6.07) is 13.7. The molecule has 0 saturated heterocycles. The molecule has 0 spiro atoms. The van der Waals surface area contributed by atoms with Crippen molar-refractivity contribution >= 4 is 33.4 Å². The van der Waals surface area contributed by atoms with E-state index < -0.39 is 0 Å². The van der Waals surface area contributed by atoms with Crippen LogP contribution >= 0.6 is 0 Å². The molecule has 0 aliphatic rings. The zero-order chi connectivity index (χ0) is 16.5. The summed E-state index contributed by atoms with van der Waals surface area (Å²) in [7, 11) is 0. The van der Waals surface area contributed by atoms with Crippen LogP contribution in [0.25, 0.3) is 21.8 Å². The van der Waals surface area contributed by atoms with E-state index in [0.29, 0.717) is 11.3 Å². The highest BCUT2D eigenvalue weighted by Gasteiger charge is 2.08. The number of halogens is 1. The number of anilines is 1. The first-order valence-corrected chi connectivity index (χ1v) is 7.59. The van der Waals surface area contributed by atoms with Crippen LogP contribution in [0.2, 0.25) is 0 Å². The number of H-pyrrole nitrogens is 1. The van der Waals surface area contributed by atoms with Gasteiger partial charge in [-0.2, -0.15) is 0 Å². The van der Waals surface area contributed by atoms with Crippen LogP contribution in [0.5, 0.6) is 0 Å². The number of hydrogen-bond donors (Lipinski definition) is 2. The number of aromatic amines is 1. The summed E-state index contributed by atoms with van der Waals surface area (Å²) in [5.41, 5.74) is 3.23. The molecule has 4 rings (SSSR count). The molecule has 4 aromatic rings. The highest BCUT2D eigenvalue weighted by atomic mass is 19.1. The van der Waals surface area contributed by atoms with E-state index in [1.807, 2.05) is 24.3 Å². The Labute approximate surface area is 137 Å². The molecule has 2 aromatic carbocycles. The van der Waals surface area contributed by atoms with Crippen LogP contribution in [0.1, 0.15) is 5.56 Å². The molecular weight excluding hydrogens is 305 g/mol. The first kappa shape index (κ1) is 14.4. The number of nitrogens with zero attached hydrogens (tertiary/aromatic N) is 1. The van der Waals surface area contributed by atoms with Gasteiger partial charge >= 0.3 is 0 Å². The fourth-order valence-corrected chi connectivity index (χ4v) is 2.87. The van der Waals surface area contributed by atoms with Crippen LogP contribution in [-0.2, 0) is 11.2 Å². The number of carbonyl (C=O) groups is 1. The van der Waals surface area contributed by atoms with Crippen molar-refractivity contribution in [3.8, 4) is 0 Å². The fraction of sp³-hybridized carbons (Fsp3) is 0.0526. The lowest BCUT2D eigenvalue weighted by Crippen LogP contribution is -2.14. The Morgan fingerprint density at radius 1 is 1.08 bits per heavy atom. The van der Waals surface area contributed by atoms with E-state index in [2.05, 4.69) is 15.3 Å². The van der Waals surface area contributed by atoms with Crippen molar-refractivity contribution in [2.24, 2.45) is 0 Å². The van der Waals surface area contributed by atoms with Crippen LogP contribution in [0.4, 0.5) is 10.1 Å². The number of aromatic nitrogens is 2. The summed E-state index contributed by atoms with van der Waals surface area (Å²) in [6.07, 6.45) is 3.66. The quantitative estimate of drug-likeness (QED) is 0.599. The molecule has 0 bridgehead atoms. The van der Waals surface area contributed by atoms with Crippen LogP contribution in [0.15, 0.2) is 60.9 Å². The van der Waals surface area contributed by atoms with E-state index in [1.54, 1.807) is 24.5 Å². The lowest BCUT2D eigenvalue weighted by Gasteiger charge is -2.06. The molecule has 2 N–H and O–H groups in total. The second-order valence-corrected chi connectivity index (χ2v) is 5.66. The van der Waals surface area contributed by atoms with E-state index in [1.165, 1.54) is 12.1 Å². The van der Waals surface area contributed by atoms with Gasteiger partial charge in [0.15, 0.2) is 0 Å². The molecule has 0 radical (unpaired) electrons. The maximum atomic E-state index is 13.2. The SMILES string of the molecule is O=C(Cc1cccc(F)c1)Nc1ccc2c(c1)[nH]c1cnccc12. The van der Waals surface area contributed by atoms with Gasteiger partial charge in [0, 0.05) is 28.2 Å². The molecule has 0 atom stereocenters. The van der Waals surface area contributed by atoms with Crippen molar-refractivity contribution in [2.75, 3.05) is 5.32 Å². The maximum Gasteiger partial charge on any atom is 0.228 e. The van der Waals surface area contributed by atoms with Crippen LogP contribution in [-0.4, -0.2) is 15.9 Å². The van der Waals surface area contributed by atoms with Crippen LogP contribution in [0, 0.1) is 5.82 Å². The lowest BCUT2D eigenvalue weighted by atomic mass is 10.1. The highest BCUT2D eigenvalue weighted by Crippen LogP contribution is 2.26. The molecule has 2 aromatic heterocycles. The molecule has 4 nitrogen and oxygen atoms in total. The summed E-state index contributed by atoms with van der Waals surface area (Å²) in [4.78, 5) is 19.5. The summed E-state index contributed by atoms with van der Waals surface area (Å²) in [5.74, 6) is -0.522. The number of pyridine rings is 1. The van der Waals surface area contributed by atoms with E-state index in [9.17, 15) is 9.18 Å². The van der Waals surface area contributed by atoms with E-state index >= 15 is 0 Å². The van der Waals surface area contributed by atoms with Crippen LogP contribution in [0.3, 0.4) is 0 Å². The van der Waals surface area contributed by atoms with Gasteiger partial charge in [0.2, 0.25) is 5.91 Å². The third-order valence-corrected chi connectivity index (χ3v) is 3.94. The largest absolute Gasteiger partial charge is 0.353 e. The van der Waals surface area contributed by atoms with E-state index in [0.717, 1.165) is 21.8 Å². The molecule has 0 fully saturated rings. The Hall–Kier alpha value is -3.21. The topological polar surface area (TPSA) is 57.8 Å². The van der Waals surface area contributed by atoms with Crippen molar-refractivity contribution in [3.05, 3.63) is 72.3 Å². The molecule has 24 heavy (non-hydrogen) atoms. The third kappa shape index (κ3) is 2.72. The molecule has 1 amide bonds. The Bertz CT molecular complexity index is 1050. The second kappa shape index (κ2) is 5.77. The molecule has 0 aliphatic carbocycles. The monoisotopic (exact) mass is 319 g/mol. The number of rotatable bonds is 3. The van der Waals surface area contributed by atoms with Crippen LogP contribution < -0.4 is 5.32 Å². The molecular formula is C19H14FN3O. The average molecular weight is 319 g/mol. The van der Waals surface area contributed by atoms with Gasteiger partial charge in [-0.05, 0) is 35.9 Å². The van der Waals surface area contributed by atoms with Gasteiger partial charge in [0.25, 0.3) is 0 Å². The van der Waals surface area contributed by atoms with Crippen molar-refractivity contribution in [3.63, 3.8) is 0 Å². The zero-order valence-corrected chi connectivity index (χ0v) is 12.7. The summed E-state index contributed by atoms with van der Waals surface area (Å²) in [5, 5.41) is 5.02. The Morgan fingerprint density at radius 2 is 1.96 bits per heavy atom. The van der Waals surface area contributed by atoms with Gasteiger partial charge in [0.1, 0.15) is 5.82 Å². The number of carbonyl (C=O) groups excluding carboxylic acids is 1. The Kier molecular flexibility index (Phi) is 3.46. The number of amides is 1. The fourth-order valence-electron chi connectivity index (χ4n) is 2.87. The second-order valence-electron chi connectivity index (χ2n) is 5.66. The molecule has 118 valence electrons. The summed E-state index contributed by atoms with van der Waals surface area (Å²) in [6.45, 7) is 0. The van der Waals surface area contributed by atoms with E-state index in [-0.39, 0.29) is 18.1 Å². The normalized spacial score (nSPS) is 11.0. The number of nitrogens with one attached hydrogen (secondary N) is 2. The summed E-state index contributed by atoms with van der Waals surface area (Å²) < 4.78 is 13.2. The van der Waals surface area contributed by atoms with Gasteiger partial charge < -0.3 is 10.3 Å². The number of fused-ring (bicyclic) bond motifs is 3. The maximum absolute atomic E-state index is 13.2. The van der Waals surface area contributed by atoms with Crippen molar-refractivity contribution < 1.29 is 9.18 Å². The predicted octanol–water partition coefficient (Wildman–Crippen LogP) is 4.04. The van der Waals surface area contributed by atoms with Crippen molar-refractivity contribution in [1.29, 1.82) is 0 Å². The van der Waals surface area contributed by atoms with Gasteiger partial charge in [-0.15, -0.1) is 0 Å². The number of benzene rings is 2.